The van der Waals surface area contributed by atoms with E-state index in [0.29, 0.717) is 11.3 Å². The molecule has 1 aromatic rings. The number of nitrogens with one attached hydrogen (secondary N) is 1. The van der Waals surface area contributed by atoms with Crippen LogP contribution in [0.15, 0.2) is 17.0 Å². The average Bonchev–Trinajstić information content (AvgIpc) is 2.35. The fraction of sp³-hybridized carbons (Fsp3) is 0.467. The lowest BCUT2D eigenvalue weighted by Gasteiger charge is -2.24. The number of hydrogen-bond acceptors (Lipinski definition) is 2. The molecule has 0 aliphatic heterocycles. The first kappa shape index (κ1) is 15.7. The van der Waals surface area contributed by atoms with Gasteiger partial charge in [-0.1, -0.05) is 18.9 Å². The number of benzene rings is 1. The molecule has 0 aliphatic rings. The summed E-state index contributed by atoms with van der Waals surface area (Å²) in [7, 11) is -3.60. The van der Waals surface area contributed by atoms with Crippen LogP contribution in [0.4, 0.5) is 0 Å². The van der Waals surface area contributed by atoms with Crippen LogP contribution >= 0.6 is 0 Å². The van der Waals surface area contributed by atoms with E-state index in [1.54, 1.807) is 13.0 Å². The standard InChI is InChI=1S/C15H21NO2S/c1-7-15(6,8-2)16-19(17,18)14-10-9-11(3)12(4)13(14)5/h1,9-10,16H,8H2,2-6H3/t15-/m0/s1. The molecule has 0 bridgehead atoms. The maximum atomic E-state index is 12.4. The van der Waals surface area contributed by atoms with Crippen molar-refractivity contribution < 1.29 is 8.42 Å². The molecule has 0 saturated carbocycles. The summed E-state index contributed by atoms with van der Waals surface area (Å²) >= 11 is 0. The highest BCUT2D eigenvalue weighted by atomic mass is 32.2. The lowest BCUT2D eigenvalue weighted by atomic mass is 10.0. The quantitative estimate of drug-likeness (QED) is 0.861. The Morgan fingerprint density at radius 1 is 1.26 bits per heavy atom. The van der Waals surface area contributed by atoms with Crippen LogP contribution in [0.25, 0.3) is 0 Å². The van der Waals surface area contributed by atoms with Crippen molar-refractivity contribution in [3.63, 3.8) is 0 Å². The van der Waals surface area contributed by atoms with Gasteiger partial charge in [-0.2, -0.15) is 4.72 Å². The van der Waals surface area contributed by atoms with Gasteiger partial charge >= 0.3 is 0 Å². The Balaban J connectivity index is 3.31. The fourth-order valence-corrected chi connectivity index (χ4v) is 3.49. The lowest BCUT2D eigenvalue weighted by Crippen LogP contribution is -2.44. The topological polar surface area (TPSA) is 46.2 Å². The maximum Gasteiger partial charge on any atom is 0.242 e. The van der Waals surface area contributed by atoms with Gasteiger partial charge < -0.3 is 0 Å². The van der Waals surface area contributed by atoms with Gasteiger partial charge in [0.25, 0.3) is 0 Å². The smallest absolute Gasteiger partial charge is 0.207 e. The summed E-state index contributed by atoms with van der Waals surface area (Å²) in [6.07, 6.45) is 5.95. The van der Waals surface area contributed by atoms with Crippen LogP contribution in [0.5, 0.6) is 0 Å². The van der Waals surface area contributed by atoms with E-state index in [1.165, 1.54) is 0 Å². The molecular weight excluding hydrogens is 258 g/mol. The van der Waals surface area contributed by atoms with Crippen LogP contribution in [-0.2, 0) is 10.0 Å². The van der Waals surface area contributed by atoms with Crippen molar-refractivity contribution in [3.8, 4) is 12.3 Å². The van der Waals surface area contributed by atoms with Crippen molar-refractivity contribution in [2.45, 2.75) is 51.5 Å². The van der Waals surface area contributed by atoms with E-state index < -0.39 is 15.6 Å². The van der Waals surface area contributed by atoms with Gasteiger partial charge in [-0.05, 0) is 56.9 Å². The second-order valence-corrected chi connectivity index (χ2v) is 6.72. The zero-order valence-corrected chi connectivity index (χ0v) is 13.0. The molecule has 0 spiro atoms. The monoisotopic (exact) mass is 279 g/mol. The van der Waals surface area contributed by atoms with Crippen LogP contribution in [0.1, 0.15) is 37.0 Å². The van der Waals surface area contributed by atoms with Gasteiger partial charge in [-0.25, -0.2) is 8.42 Å². The number of aryl methyl sites for hydroxylation is 1. The molecule has 0 amide bonds. The highest BCUT2D eigenvalue weighted by Crippen LogP contribution is 2.23. The molecule has 1 atom stereocenters. The first-order chi connectivity index (χ1) is 8.67. The molecule has 104 valence electrons. The fourth-order valence-electron chi connectivity index (χ4n) is 1.78. The Kier molecular flexibility index (Phi) is 4.44. The number of terminal acetylenes is 1. The Hall–Kier alpha value is -1.31. The van der Waals surface area contributed by atoms with Gasteiger partial charge in [-0.15, -0.1) is 6.42 Å². The first-order valence-corrected chi connectivity index (χ1v) is 7.73. The van der Waals surface area contributed by atoms with E-state index in [-0.39, 0.29) is 0 Å². The van der Waals surface area contributed by atoms with E-state index in [2.05, 4.69) is 10.6 Å². The molecule has 19 heavy (non-hydrogen) atoms. The largest absolute Gasteiger partial charge is 0.242 e. The Morgan fingerprint density at radius 2 is 1.84 bits per heavy atom. The van der Waals surface area contributed by atoms with Crippen molar-refractivity contribution in [1.29, 1.82) is 0 Å². The van der Waals surface area contributed by atoms with Gasteiger partial charge in [0.05, 0.1) is 10.4 Å². The van der Waals surface area contributed by atoms with Crippen LogP contribution in [0.3, 0.4) is 0 Å². The Labute approximate surface area is 116 Å². The summed E-state index contributed by atoms with van der Waals surface area (Å²) in [5, 5.41) is 0. The molecule has 0 aliphatic carbocycles. The Morgan fingerprint density at radius 3 is 2.32 bits per heavy atom. The summed E-state index contributed by atoms with van der Waals surface area (Å²) in [4.78, 5) is 0.297. The van der Waals surface area contributed by atoms with Crippen molar-refractivity contribution in [2.75, 3.05) is 0 Å². The van der Waals surface area contributed by atoms with E-state index in [4.69, 9.17) is 6.42 Å². The summed E-state index contributed by atoms with van der Waals surface area (Å²) in [5.41, 5.74) is 1.97. The van der Waals surface area contributed by atoms with Crippen molar-refractivity contribution in [1.82, 2.24) is 4.72 Å². The molecule has 1 aromatic carbocycles. The molecule has 0 aromatic heterocycles. The lowest BCUT2D eigenvalue weighted by molar-refractivity contribution is 0.499. The number of sulfonamides is 1. The molecule has 0 heterocycles. The van der Waals surface area contributed by atoms with E-state index in [9.17, 15) is 8.42 Å². The first-order valence-electron chi connectivity index (χ1n) is 6.25. The molecular formula is C15H21NO2S. The van der Waals surface area contributed by atoms with Crippen LogP contribution in [-0.4, -0.2) is 14.0 Å². The predicted molar refractivity (Wildman–Crippen MR) is 78.5 cm³/mol. The normalized spacial score (nSPS) is 14.7. The van der Waals surface area contributed by atoms with Crippen molar-refractivity contribution >= 4 is 10.0 Å². The highest BCUT2D eigenvalue weighted by Gasteiger charge is 2.28. The molecule has 3 nitrogen and oxygen atoms in total. The van der Waals surface area contributed by atoms with Crippen molar-refractivity contribution in [2.24, 2.45) is 0 Å². The second kappa shape index (κ2) is 5.36. The molecule has 0 saturated heterocycles. The van der Waals surface area contributed by atoms with Crippen LogP contribution in [0, 0.1) is 33.1 Å². The minimum atomic E-state index is -3.60. The molecule has 1 N–H and O–H groups in total. The number of rotatable bonds is 4. The second-order valence-electron chi connectivity index (χ2n) is 5.07. The highest BCUT2D eigenvalue weighted by molar-refractivity contribution is 7.89. The SMILES string of the molecule is C#C[C@@](C)(CC)NS(=O)(=O)c1ccc(C)c(C)c1C. The van der Waals surface area contributed by atoms with Gasteiger partial charge in [0.2, 0.25) is 10.0 Å². The third-order valence-electron chi connectivity index (χ3n) is 3.68. The van der Waals surface area contributed by atoms with Gasteiger partial charge in [0, 0.05) is 0 Å². The van der Waals surface area contributed by atoms with Crippen molar-refractivity contribution in [3.05, 3.63) is 28.8 Å². The third-order valence-corrected chi connectivity index (χ3v) is 5.42. The van der Waals surface area contributed by atoms with Gasteiger partial charge in [-0.3, -0.25) is 0 Å². The van der Waals surface area contributed by atoms with Gasteiger partial charge in [0.15, 0.2) is 0 Å². The summed E-state index contributed by atoms with van der Waals surface area (Å²) in [6, 6.07) is 3.45. The van der Waals surface area contributed by atoms with Crippen LogP contribution < -0.4 is 4.72 Å². The minimum Gasteiger partial charge on any atom is -0.207 e. The summed E-state index contributed by atoms with van der Waals surface area (Å²) in [6.45, 7) is 9.26. The van der Waals surface area contributed by atoms with E-state index in [1.807, 2.05) is 33.8 Å². The summed E-state index contributed by atoms with van der Waals surface area (Å²) < 4.78 is 27.5. The maximum absolute atomic E-state index is 12.4. The third kappa shape index (κ3) is 3.17. The Bertz CT molecular complexity index is 626. The predicted octanol–water partition coefficient (Wildman–Crippen LogP) is 2.69. The molecule has 1 rings (SSSR count). The minimum absolute atomic E-state index is 0.297. The van der Waals surface area contributed by atoms with Gasteiger partial charge in [0.1, 0.15) is 0 Å². The number of hydrogen-bond donors (Lipinski definition) is 1. The van der Waals surface area contributed by atoms with E-state index in [0.717, 1.165) is 16.7 Å². The zero-order valence-electron chi connectivity index (χ0n) is 12.2. The molecule has 0 unspecified atom stereocenters. The van der Waals surface area contributed by atoms with Crippen LogP contribution in [0.2, 0.25) is 0 Å². The molecule has 0 radical (unpaired) electrons. The molecule has 0 fully saturated rings. The van der Waals surface area contributed by atoms with E-state index >= 15 is 0 Å². The zero-order chi connectivity index (χ0) is 14.8. The average molecular weight is 279 g/mol. The molecule has 4 heteroatoms. The summed E-state index contributed by atoms with van der Waals surface area (Å²) in [5.74, 6) is 2.51.